The molecule has 1 aromatic rings. The Kier molecular flexibility index (Phi) is 6.22. The second-order valence-electron chi connectivity index (χ2n) is 7.62. The SMILES string of the molecule is CC#Cc1cc(C)c(C2C(=O)CC(CCC)(CCC)CC2=O)c(C)c1. The van der Waals surface area contributed by atoms with Crippen molar-refractivity contribution in [2.75, 3.05) is 0 Å². The molecule has 134 valence electrons. The highest BCUT2D eigenvalue weighted by atomic mass is 16.2. The van der Waals surface area contributed by atoms with Gasteiger partial charge in [0.25, 0.3) is 0 Å². The Balaban J connectivity index is 2.40. The highest BCUT2D eigenvalue weighted by molar-refractivity contribution is 6.10. The molecule has 1 aliphatic carbocycles. The average Bonchev–Trinajstić information content (AvgIpc) is 2.50. The first-order valence-corrected chi connectivity index (χ1v) is 9.46. The van der Waals surface area contributed by atoms with E-state index in [1.165, 1.54) is 0 Å². The molecular weight excluding hydrogens is 308 g/mol. The van der Waals surface area contributed by atoms with Gasteiger partial charge in [-0.1, -0.05) is 32.6 Å². The van der Waals surface area contributed by atoms with Crippen LogP contribution in [-0.4, -0.2) is 11.6 Å². The second-order valence-corrected chi connectivity index (χ2v) is 7.62. The number of aryl methyl sites for hydroxylation is 2. The maximum atomic E-state index is 13.0. The van der Waals surface area contributed by atoms with Crippen LogP contribution in [0.3, 0.4) is 0 Å². The zero-order valence-electron chi connectivity index (χ0n) is 16.3. The van der Waals surface area contributed by atoms with Gasteiger partial charge in [-0.05, 0) is 67.9 Å². The third-order valence-electron chi connectivity index (χ3n) is 5.45. The molecule has 0 amide bonds. The number of Topliss-reactive ketones (excluding diaryl/α,β-unsaturated/α-hetero) is 2. The van der Waals surface area contributed by atoms with Crippen molar-refractivity contribution in [2.24, 2.45) is 5.41 Å². The molecule has 0 heterocycles. The summed E-state index contributed by atoms with van der Waals surface area (Å²) in [6, 6.07) is 4.00. The number of hydrogen-bond acceptors (Lipinski definition) is 2. The first-order valence-electron chi connectivity index (χ1n) is 9.46. The molecule has 1 aromatic carbocycles. The molecule has 0 spiro atoms. The summed E-state index contributed by atoms with van der Waals surface area (Å²) in [4.78, 5) is 26.1. The van der Waals surface area contributed by atoms with Crippen LogP contribution in [0.1, 0.15) is 87.5 Å². The van der Waals surface area contributed by atoms with Gasteiger partial charge < -0.3 is 0 Å². The van der Waals surface area contributed by atoms with Gasteiger partial charge in [0.2, 0.25) is 0 Å². The maximum Gasteiger partial charge on any atom is 0.148 e. The van der Waals surface area contributed by atoms with Crippen molar-refractivity contribution in [1.82, 2.24) is 0 Å². The van der Waals surface area contributed by atoms with Crippen molar-refractivity contribution in [2.45, 2.75) is 79.1 Å². The molecule has 0 unspecified atom stereocenters. The minimum atomic E-state index is -0.578. The molecule has 1 saturated carbocycles. The third-order valence-corrected chi connectivity index (χ3v) is 5.45. The van der Waals surface area contributed by atoms with Gasteiger partial charge >= 0.3 is 0 Å². The van der Waals surface area contributed by atoms with E-state index in [0.29, 0.717) is 12.8 Å². The fourth-order valence-corrected chi connectivity index (χ4v) is 4.69. The largest absolute Gasteiger partial charge is 0.299 e. The Morgan fingerprint density at radius 2 is 1.48 bits per heavy atom. The van der Waals surface area contributed by atoms with Crippen LogP contribution in [0.15, 0.2) is 12.1 Å². The molecule has 1 fully saturated rings. The van der Waals surface area contributed by atoms with Crippen molar-refractivity contribution in [3.8, 4) is 11.8 Å². The van der Waals surface area contributed by atoms with E-state index in [-0.39, 0.29) is 17.0 Å². The summed E-state index contributed by atoms with van der Waals surface area (Å²) >= 11 is 0. The highest BCUT2D eigenvalue weighted by Crippen LogP contribution is 2.46. The summed E-state index contributed by atoms with van der Waals surface area (Å²) in [6.07, 6.45) is 5.06. The zero-order valence-corrected chi connectivity index (χ0v) is 16.3. The lowest BCUT2D eigenvalue weighted by Gasteiger charge is -2.39. The molecule has 2 heteroatoms. The minimum Gasteiger partial charge on any atom is -0.299 e. The van der Waals surface area contributed by atoms with Crippen molar-refractivity contribution >= 4 is 11.6 Å². The molecule has 2 rings (SSSR count). The monoisotopic (exact) mass is 338 g/mol. The first kappa shape index (κ1) is 19.4. The molecule has 0 saturated heterocycles. The quantitative estimate of drug-likeness (QED) is 0.541. The van der Waals surface area contributed by atoms with Crippen LogP contribution >= 0.6 is 0 Å². The lowest BCUT2D eigenvalue weighted by molar-refractivity contribution is -0.137. The van der Waals surface area contributed by atoms with Crippen molar-refractivity contribution in [1.29, 1.82) is 0 Å². The normalized spacial score (nSPS) is 17.3. The van der Waals surface area contributed by atoms with E-state index < -0.39 is 5.92 Å². The number of rotatable bonds is 5. The topological polar surface area (TPSA) is 34.1 Å². The van der Waals surface area contributed by atoms with E-state index >= 15 is 0 Å². The lowest BCUT2D eigenvalue weighted by atomic mass is 9.63. The van der Waals surface area contributed by atoms with E-state index in [1.807, 2.05) is 32.9 Å². The van der Waals surface area contributed by atoms with Crippen LogP contribution < -0.4 is 0 Å². The summed E-state index contributed by atoms with van der Waals surface area (Å²) in [7, 11) is 0. The van der Waals surface area contributed by atoms with Crippen LogP contribution in [-0.2, 0) is 9.59 Å². The van der Waals surface area contributed by atoms with Crippen molar-refractivity contribution in [3.63, 3.8) is 0 Å². The standard InChI is InChI=1S/C23H30O2/c1-6-9-18-12-16(4)21(17(5)13-18)22-19(24)14-23(10-7-2,11-8-3)15-20(22)25/h12-13,22H,7-8,10-11,14-15H2,1-5H3. The molecule has 25 heavy (non-hydrogen) atoms. The third kappa shape index (κ3) is 4.03. The maximum absolute atomic E-state index is 13.0. The predicted octanol–water partition coefficient (Wildman–Crippen LogP) is 5.28. The summed E-state index contributed by atoms with van der Waals surface area (Å²) in [5.41, 5.74) is 3.76. The van der Waals surface area contributed by atoms with E-state index in [2.05, 4.69) is 25.7 Å². The van der Waals surface area contributed by atoms with Gasteiger partial charge in [0.1, 0.15) is 17.5 Å². The zero-order chi connectivity index (χ0) is 18.6. The fraction of sp³-hybridized carbons (Fsp3) is 0.565. The molecule has 0 aromatic heterocycles. The van der Waals surface area contributed by atoms with Gasteiger partial charge in [-0.2, -0.15) is 0 Å². The molecule has 0 N–H and O–H groups in total. The Morgan fingerprint density at radius 1 is 1.00 bits per heavy atom. The van der Waals surface area contributed by atoms with Crippen LogP contribution in [0.4, 0.5) is 0 Å². The van der Waals surface area contributed by atoms with Crippen LogP contribution in [0, 0.1) is 31.1 Å². The summed E-state index contributed by atoms with van der Waals surface area (Å²) in [5.74, 6) is 5.62. The summed E-state index contributed by atoms with van der Waals surface area (Å²) in [5, 5.41) is 0. The molecule has 0 radical (unpaired) electrons. The smallest absolute Gasteiger partial charge is 0.148 e. The van der Waals surface area contributed by atoms with Crippen LogP contribution in [0.5, 0.6) is 0 Å². The molecule has 0 bridgehead atoms. The van der Waals surface area contributed by atoms with Crippen molar-refractivity contribution in [3.05, 3.63) is 34.4 Å². The van der Waals surface area contributed by atoms with E-state index in [9.17, 15) is 9.59 Å². The van der Waals surface area contributed by atoms with Gasteiger partial charge in [0.15, 0.2) is 0 Å². The fourth-order valence-electron chi connectivity index (χ4n) is 4.69. The second kappa shape index (κ2) is 8.00. The van der Waals surface area contributed by atoms with Gasteiger partial charge in [-0.3, -0.25) is 9.59 Å². The summed E-state index contributed by atoms with van der Waals surface area (Å²) in [6.45, 7) is 10.1. The molecule has 0 aliphatic heterocycles. The Morgan fingerprint density at radius 3 is 1.88 bits per heavy atom. The van der Waals surface area contributed by atoms with Gasteiger partial charge in [0.05, 0.1) is 0 Å². The molecule has 0 atom stereocenters. The first-order chi connectivity index (χ1) is 11.9. The summed E-state index contributed by atoms with van der Waals surface area (Å²) < 4.78 is 0. The number of carbonyl (C=O) groups is 2. The minimum absolute atomic E-state index is 0.108. The Labute approximate surface area is 152 Å². The molecule has 2 nitrogen and oxygen atoms in total. The average molecular weight is 338 g/mol. The lowest BCUT2D eigenvalue weighted by Crippen LogP contribution is -2.40. The number of hydrogen-bond donors (Lipinski definition) is 0. The van der Waals surface area contributed by atoms with Gasteiger partial charge in [-0.25, -0.2) is 0 Å². The van der Waals surface area contributed by atoms with Crippen LogP contribution in [0.2, 0.25) is 0 Å². The van der Waals surface area contributed by atoms with Crippen LogP contribution in [0.25, 0.3) is 0 Å². The van der Waals surface area contributed by atoms with Gasteiger partial charge in [-0.15, -0.1) is 5.92 Å². The van der Waals surface area contributed by atoms with E-state index in [0.717, 1.165) is 47.9 Å². The Hall–Kier alpha value is -1.88. The predicted molar refractivity (Wildman–Crippen MR) is 103 cm³/mol. The van der Waals surface area contributed by atoms with Crippen molar-refractivity contribution < 1.29 is 9.59 Å². The molecular formula is C23H30O2. The number of benzene rings is 1. The van der Waals surface area contributed by atoms with Gasteiger partial charge in [0, 0.05) is 18.4 Å². The Bertz CT molecular complexity index is 681. The highest BCUT2D eigenvalue weighted by Gasteiger charge is 2.45. The van der Waals surface area contributed by atoms with E-state index in [4.69, 9.17) is 0 Å². The number of ketones is 2. The van der Waals surface area contributed by atoms with E-state index in [1.54, 1.807) is 0 Å². The number of carbonyl (C=O) groups excluding carboxylic acids is 2. The molecule has 1 aliphatic rings.